The molecule has 1 N–H and O–H groups in total. The number of nitrogens with zero attached hydrogens (tertiary/aromatic N) is 3. The average molecular weight is 290 g/mol. The highest BCUT2D eigenvalue weighted by atomic mass is 32.2. The van der Waals surface area contributed by atoms with Crippen LogP contribution in [0.1, 0.15) is 12.6 Å². The van der Waals surface area contributed by atoms with Gasteiger partial charge in [-0.15, -0.1) is 0 Å². The largest absolute Gasteiger partial charge is 0.440 e. The molecule has 19 heavy (non-hydrogen) atoms. The molecule has 0 aromatic carbocycles. The predicted molar refractivity (Wildman–Crippen MR) is 61.8 cm³/mol. The molecule has 9 heteroatoms. The van der Waals surface area contributed by atoms with Crippen molar-refractivity contribution in [3.05, 3.63) is 24.2 Å². The van der Waals surface area contributed by atoms with Gasteiger partial charge in [0.15, 0.2) is 5.69 Å². The van der Waals surface area contributed by atoms with Gasteiger partial charge in [0, 0.05) is 12.6 Å². The van der Waals surface area contributed by atoms with Crippen LogP contribution in [0.5, 0.6) is 0 Å². The zero-order valence-electron chi connectivity index (χ0n) is 9.73. The minimum atomic E-state index is -4.53. The van der Waals surface area contributed by atoms with Crippen LogP contribution in [-0.2, 0) is 6.18 Å². The molecule has 0 radical (unpaired) electrons. The van der Waals surface area contributed by atoms with Crippen molar-refractivity contribution in [2.75, 3.05) is 11.9 Å². The number of nitrogens with one attached hydrogen (secondary N) is 1. The van der Waals surface area contributed by atoms with Crippen LogP contribution in [0.3, 0.4) is 0 Å². The summed E-state index contributed by atoms with van der Waals surface area (Å²) in [7, 11) is 0. The van der Waals surface area contributed by atoms with E-state index >= 15 is 0 Å². The summed E-state index contributed by atoms with van der Waals surface area (Å²) in [6, 6.07) is 0.857. The molecular formula is C10H9F3N4OS. The molecule has 0 unspecified atom stereocenters. The number of aromatic nitrogens is 3. The van der Waals surface area contributed by atoms with E-state index in [4.69, 9.17) is 4.42 Å². The van der Waals surface area contributed by atoms with Crippen molar-refractivity contribution in [2.45, 2.75) is 23.3 Å². The monoisotopic (exact) mass is 290 g/mol. The Morgan fingerprint density at radius 2 is 2.16 bits per heavy atom. The van der Waals surface area contributed by atoms with Gasteiger partial charge in [-0.1, -0.05) is 0 Å². The van der Waals surface area contributed by atoms with Gasteiger partial charge >= 0.3 is 6.18 Å². The fourth-order valence-corrected chi connectivity index (χ4v) is 1.91. The summed E-state index contributed by atoms with van der Waals surface area (Å²) in [5, 5.41) is 2.98. The van der Waals surface area contributed by atoms with Crippen LogP contribution >= 0.6 is 11.8 Å². The minimum Gasteiger partial charge on any atom is -0.440 e. The van der Waals surface area contributed by atoms with Crippen LogP contribution in [0.2, 0.25) is 0 Å². The minimum absolute atomic E-state index is 0.0774. The normalized spacial score (nSPS) is 11.6. The molecule has 0 saturated carbocycles. The molecule has 0 aliphatic carbocycles. The molecule has 0 aliphatic heterocycles. The molecule has 0 atom stereocenters. The molecule has 102 valence electrons. The van der Waals surface area contributed by atoms with Gasteiger partial charge < -0.3 is 9.73 Å². The second kappa shape index (κ2) is 5.47. The van der Waals surface area contributed by atoms with Crippen molar-refractivity contribution in [3.63, 3.8) is 0 Å². The van der Waals surface area contributed by atoms with E-state index in [1.54, 1.807) is 6.92 Å². The quantitative estimate of drug-likeness (QED) is 0.873. The number of oxazole rings is 1. The lowest BCUT2D eigenvalue weighted by Crippen LogP contribution is -2.12. The number of hydrogen-bond donors (Lipinski definition) is 1. The fourth-order valence-electron chi connectivity index (χ4n) is 1.21. The van der Waals surface area contributed by atoms with Gasteiger partial charge in [-0.3, -0.25) is 0 Å². The van der Waals surface area contributed by atoms with Crippen molar-refractivity contribution in [1.82, 2.24) is 15.0 Å². The maximum absolute atomic E-state index is 12.7. The van der Waals surface area contributed by atoms with E-state index in [1.165, 1.54) is 12.5 Å². The number of alkyl halides is 3. The lowest BCUT2D eigenvalue weighted by Gasteiger charge is -2.09. The lowest BCUT2D eigenvalue weighted by atomic mass is 10.4. The van der Waals surface area contributed by atoms with Gasteiger partial charge in [0.1, 0.15) is 11.3 Å². The zero-order chi connectivity index (χ0) is 13.9. The Balaban J connectivity index is 2.34. The van der Waals surface area contributed by atoms with Crippen LogP contribution in [0, 0.1) is 0 Å². The molecule has 2 heterocycles. The SMILES string of the molecule is CCNc1nc(Sc2ncco2)cc(C(F)(F)F)n1. The van der Waals surface area contributed by atoms with Gasteiger partial charge in [-0.2, -0.15) is 13.2 Å². The number of hydrogen-bond acceptors (Lipinski definition) is 6. The third kappa shape index (κ3) is 3.60. The van der Waals surface area contributed by atoms with Gasteiger partial charge in [-0.25, -0.2) is 15.0 Å². The number of halogens is 3. The summed E-state index contributed by atoms with van der Waals surface area (Å²) >= 11 is 0.896. The first-order valence-electron chi connectivity index (χ1n) is 5.26. The van der Waals surface area contributed by atoms with E-state index in [2.05, 4.69) is 20.3 Å². The third-order valence-corrected chi connectivity index (χ3v) is 2.72. The molecule has 0 spiro atoms. The molecule has 0 aliphatic rings. The van der Waals surface area contributed by atoms with E-state index in [-0.39, 0.29) is 16.2 Å². The van der Waals surface area contributed by atoms with Crippen LogP contribution in [0.15, 0.2) is 33.2 Å². The Morgan fingerprint density at radius 3 is 2.74 bits per heavy atom. The highest BCUT2D eigenvalue weighted by molar-refractivity contribution is 7.99. The smallest absolute Gasteiger partial charge is 0.433 e. The average Bonchev–Trinajstić information content (AvgIpc) is 2.81. The van der Waals surface area contributed by atoms with Gasteiger partial charge in [0.25, 0.3) is 5.22 Å². The van der Waals surface area contributed by atoms with Crippen LogP contribution in [0.4, 0.5) is 19.1 Å². The van der Waals surface area contributed by atoms with E-state index in [0.717, 1.165) is 17.8 Å². The first kappa shape index (κ1) is 13.7. The molecule has 0 bridgehead atoms. The summed E-state index contributed by atoms with van der Waals surface area (Å²) in [6.07, 6.45) is -1.79. The molecule has 2 rings (SSSR count). The Morgan fingerprint density at radius 1 is 1.37 bits per heavy atom. The Kier molecular flexibility index (Phi) is 3.93. The lowest BCUT2D eigenvalue weighted by molar-refractivity contribution is -0.141. The fraction of sp³-hybridized carbons (Fsp3) is 0.300. The summed E-state index contributed by atoms with van der Waals surface area (Å²) in [5.41, 5.74) is -1.01. The Hall–Kier alpha value is -1.77. The second-order valence-electron chi connectivity index (χ2n) is 3.34. The van der Waals surface area contributed by atoms with Crippen molar-refractivity contribution in [1.29, 1.82) is 0 Å². The first-order valence-corrected chi connectivity index (χ1v) is 6.08. The van der Waals surface area contributed by atoms with Crippen molar-refractivity contribution >= 4 is 17.7 Å². The van der Waals surface area contributed by atoms with E-state index in [1.807, 2.05) is 0 Å². The molecular weight excluding hydrogens is 281 g/mol. The molecule has 0 saturated heterocycles. The van der Waals surface area contributed by atoms with Crippen LogP contribution in [0.25, 0.3) is 0 Å². The van der Waals surface area contributed by atoms with Gasteiger partial charge in [0.2, 0.25) is 5.95 Å². The topological polar surface area (TPSA) is 63.8 Å². The van der Waals surface area contributed by atoms with Gasteiger partial charge in [0.05, 0.1) is 6.20 Å². The predicted octanol–water partition coefficient (Wildman–Crippen LogP) is 3.07. The summed E-state index contributed by atoms with van der Waals surface area (Å²) in [5.74, 6) is -0.0774. The van der Waals surface area contributed by atoms with E-state index in [0.29, 0.717) is 6.54 Å². The molecule has 2 aromatic rings. The zero-order valence-corrected chi connectivity index (χ0v) is 10.5. The summed E-state index contributed by atoms with van der Waals surface area (Å²) < 4.78 is 43.1. The maximum atomic E-state index is 12.7. The first-order chi connectivity index (χ1) is 8.99. The molecule has 0 fully saturated rings. The molecule has 2 aromatic heterocycles. The number of anilines is 1. The summed E-state index contributed by atoms with van der Waals surface area (Å²) in [4.78, 5) is 11.2. The molecule has 5 nitrogen and oxygen atoms in total. The van der Waals surface area contributed by atoms with E-state index in [9.17, 15) is 13.2 Å². The second-order valence-corrected chi connectivity index (χ2v) is 4.31. The van der Waals surface area contributed by atoms with E-state index < -0.39 is 11.9 Å². The van der Waals surface area contributed by atoms with Crippen LogP contribution < -0.4 is 5.32 Å². The van der Waals surface area contributed by atoms with Crippen molar-refractivity contribution in [3.8, 4) is 0 Å². The Labute approximate surface area is 110 Å². The highest BCUT2D eigenvalue weighted by Gasteiger charge is 2.33. The van der Waals surface area contributed by atoms with Crippen LogP contribution in [-0.4, -0.2) is 21.5 Å². The third-order valence-electron chi connectivity index (χ3n) is 1.93. The Bertz CT molecular complexity index is 544. The standard InChI is InChI=1S/C10H9F3N4OS/c1-2-14-8-16-6(10(11,12)13)5-7(17-8)19-9-15-3-4-18-9/h3-5H,2H2,1H3,(H,14,16,17). The van der Waals surface area contributed by atoms with Crippen molar-refractivity contribution in [2.24, 2.45) is 0 Å². The molecule has 0 amide bonds. The maximum Gasteiger partial charge on any atom is 0.433 e. The summed E-state index contributed by atoms with van der Waals surface area (Å²) in [6.45, 7) is 2.16. The highest BCUT2D eigenvalue weighted by Crippen LogP contribution is 2.32. The number of rotatable bonds is 4. The van der Waals surface area contributed by atoms with Crippen molar-refractivity contribution < 1.29 is 17.6 Å². The van der Waals surface area contributed by atoms with Gasteiger partial charge in [-0.05, 0) is 18.7 Å².